The fourth-order valence-corrected chi connectivity index (χ4v) is 5.30. The zero-order valence-electron chi connectivity index (χ0n) is 21.8. The van der Waals surface area contributed by atoms with E-state index in [2.05, 4.69) is 10.2 Å². The molecule has 2 fully saturated rings. The van der Waals surface area contributed by atoms with Gasteiger partial charge in [-0.2, -0.15) is 26.3 Å². The van der Waals surface area contributed by atoms with Crippen LogP contribution in [0.2, 0.25) is 0 Å². The van der Waals surface area contributed by atoms with Crippen molar-refractivity contribution in [3.8, 4) is 5.75 Å². The van der Waals surface area contributed by atoms with E-state index >= 15 is 0 Å². The summed E-state index contributed by atoms with van der Waals surface area (Å²) in [5.74, 6) is -0.849. The van der Waals surface area contributed by atoms with E-state index < -0.39 is 41.4 Å². The Balaban J connectivity index is 1.44. The second-order valence-corrected chi connectivity index (χ2v) is 10.6. The van der Waals surface area contributed by atoms with Gasteiger partial charge in [0.15, 0.2) is 0 Å². The lowest BCUT2D eigenvalue weighted by Gasteiger charge is -2.41. The lowest BCUT2D eigenvalue weighted by molar-refractivity contribution is -0.143. The maximum atomic E-state index is 13.4. The predicted octanol–water partition coefficient (Wildman–Crippen LogP) is 6.13. The Labute approximate surface area is 227 Å². The molecule has 0 unspecified atom stereocenters. The SMILES string of the molecule is COc1cc(CN2CCC(CC3CC3)(C(=O)NCc3cc(C(F)(F)F)cc(C(F)(F)F)c3)CC2)ccc1C(=O)O. The Hall–Kier alpha value is -3.28. The highest BCUT2D eigenvalue weighted by molar-refractivity contribution is 5.91. The van der Waals surface area contributed by atoms with E-state index in [0.717, 1.165) is 18.4 Å². The van der Waals surface area contributed by atoms with E-state index in [1.165, 1.54) is 13.2 Å². The fourth-order valence-electron chi connectivity index (χ4n) is 5.30. The smallest absolute Gasteiger partial charge is 0.416 e. The van der Waals surface area contributed by atoms with E-state index in [9.17, 15) is 41.0 Å². The number of carbonyl (C=O) groups excluding carboxylic acids is 1. The lowest BCUT2D eigenvalue weighted by Crippen LogP contribution is -2.48. The standard InChI is InChI=1S/C28H30F6N2O4/c1-40-23-12-18(4-5-22(23)24(37)38)16-36-8-6-26(7-9-36,14-17-2-3-17)25(39)35-15-19-10-20(27(29,30)31)13-21(11-19)28(32,33)34/h4-5,10-13,17H,2-3,6-9,14-16H2,1H3,(H,35,39)(H,37,38). The average molecular weight is 573 g/mol. The molecule has 1 saturated carbocycles. The number of hydrogen-bond acceptors (Lipinski definition) is 4. The molecule has 2 aromatic carbocycles. The van der Waals surface area contributed by atoms with Crippen LogP contribution in [0, 0.1) is 11.3 Å². The highest BCUT2D eigenvalue weighted by Crippen LogP contribution is 2.46. The molecular formula is C28H30F6N2O4. The molecule has 218 valence electrons. The molecule has 0 atom stereocenters. The summed E-state index contributed by atoms with van der Waals surface area (Å²) in [6, 6.07) is 6.18. The van der Waals surface area contributed by atoms with Crippen molar-refractivity contribution in [1.29, 1.82) is 0 Å². The van der Waals surface area contributed by atoms with Crippen molar-refractivity contribution < 1.29 is 45.8 Å². The minimum absolute atomic E-state index is 0.0492. The molecule has 1 saturated heterocycles. The number of methoxy groups -OCH3 is 1. The van der Waals surface area contributed by atoms with Gasteiger partial charge in [-0.25, -0.2) is 4.79 Å². The Morgan fingerprint density at radius 1 is 0.975 bits per heavy atom. The van der Waals surface area contributed by atoms with Crippen LogP contribution >= 0.6 is 0 Å². The van der Waals surface area contributed by atoms with Crippen molar-refractivity contribution >= 4 is 11.9 Å². The number of aromatic carboxylic acids is 1. The maximum absolute atomic E-state index is 13.4. The maximum Gasteiger partial charge on any atom is 0.416 e. The van der Waals surface area contributed by atoms with Gasteiger partial charge in [0.05, 0.1) is 23.7 Å². The number of nitrogens with one attached hydrogen (secondary N) is 1. The highest BCUT2D eigenvalue weighted by atomic mass is 19.4. The highest BCUT2D eigenvalue weighted by Gasteiger charge is 2.45. The van der Waals surface area contributed by atoms with Crippen LogP contribution in [0.3, 0.4) is 0 Å². The molecule has 0 spiro atoms. The number of ether oxygens (including phenoxy) is 1. The van der Waals surface area contributed by atoms with Gasteiger partial charge in [-0.1, -0.05) is 18.9 Å². The number of likely N-dealkylation sites (tertiary alicyclic amines) is 1. The number of hydrogen-bond donors (Lipinski definition) is 2. The zero-order chi connectivity index (χ0) is 29.3. The molecule has 6 nitrogen and oxygen atoms in total. The number of piperidine rings is 1. The summed E-state index contributed by atoms with van der Waals surface area (Å²) in [7, 11) is 1.39. The van der Waals surface area contributed by atoms with Gasteiger partial charge < -0.3 is 15.2 Å². The first-order chi connectivity index (χ1) is 18.7. The monoisotopic (exact) mass is 572 g/mol. The Morgan fingerprint density at radius 2 is 1.57 bits per heavy atom. The first-order valence-electron chi connectivity index (χ1n) is 12.9. The zero-order valence-corrected chi connectivity index (χ0v) is 21.8. The topological polar surface area (TPSA) is 78.9 Å². The van der Waals surface area contributed by atoms with Crippen molar-refractivity contribution in [1.82, 2.24) is 10.2 Å². The third-order valence-electron chi connectivity index (χ3n) is 7.67. The lowest BCUT2D eigenvalue weighted by atomic mass is 9.73. The molecule has 2 aromatic rings. The van der Waals surface area contributed by atoms with Crippen LogP contribution < -0.4 is 10.1 Å². The van der Waals surface area contributed by atoms with Crippen LogP contribution in [0.1, 0.15) is 64.7 Å². The van der Waals surface area contributed by atoms with E-state index in [1.807, 2.05) is 0 Å². The predicted molar refractivity (Wildman–Crippen MR) is 133 cm³/mol. The number of carboxylic acids is 1. The summed E-state index contributed by atoms with van der Waals surface area (Å²) < 4.78 is 84.6. The summed E-state index contributed by atoms with van der Waals surface area (Å²) >= 11 is 0. The molecule has 0 radical (unpaired) electrons. The fraction of sp³-hybridized carbons (Fsp3) is 0.500. The van der Waals surface area contributed by atoms with Crippen molar-refractivity contribution in [2.24, 2.45) is 11.3 Å². The minimum atomic E-state index is -4.96. The van der Waals surface area contributed by atoms with Crippen LogP contribution in [-0.4, -0.2) is 42.1 Å². The number of carbonyl (C=O) groups is 2. The van der Waals surface area contributed by atoms with Gasteiger partial charge in [0.1, 0.15) is 11.3 Å². The van der Waals surface area contributed by atoms with Crippen LogP contribution in [0.4, 0.5) is 26.3 Å². The van der Waals surface area contributed by atoms with Crippen molar-refractivity contribution in [2.75, 3.05) is 20.2 Å². The summed E-state index contributed by atoms with van der Waals surface area (Å²) in [5, 5.41) is 11.9. The van der Waals surface area contributed by atoms with Gasteiger partial charge in [0, 0.05) is 13.1 Å². The van der Waals surface area contributed by atoms with E-state index in [4.69, 9.17) is 4.74 Å². The minimum Gasteiger partial charge on any atom is -0.496 e. The molecule has 2 aliphatic rings. The summed E-state index contributed by atoms with van der Waals surface area (Å²) in [4.78, 5) is 26.9. The van der Waals surface area contributed by atoms with Crippen LogP contribution in [0.25, 0.3) is 0 Å². The van der Waals surface area contributed by atoms with Crippen LogP contribution in [0.5, 0.6) is 5.75 Å². The molecule has 2 N–H and O–H groups in total. The third-order valence-corrected chi connectivity index (χ3v) is 7.67. The van der Waals surface area contributed by atoms with Crippen molar-refractivity contribution in [3.05, 3.63) is 64.2 Å². The number of rotatable bonds is 9. The van der Waals surface area contributed by atoms with E-state index in [1.54, 1.807) is 12.1 Å². The first kappa shape index (κ1) is 29.7. The number of carboxylic acid groups (broad SMARTS) is 1. The summed E-state index contributed by atoms with van der Waals surface area (Å²) in [5.41, 5.74) is -2.98. The summed E-state index contributed by atoms with van der Waals surface area (Å²) in [6.07, 6.45) is -6.37. The Kier molecular flexibility index (Phi) is 8.39. The van der Waals surface area contributed by atoms with E-state index in [-0.39, 0.29) is 28.8 Å². The number of benzene rings is 2. The molecule has 12 heteroatoms. The third kappa shape index (κ3) is 7.07. The van der Waals surface area contributed by atoms with Gasteiger partial charge in [0.25, 0.3) is 0 Å². The van der Waals surface area contributed by atoms with Gasteiger partial charge in [-0.3, -0.25) is 9.69 Å². The molecule has 1 heterocycles. The second-order valence-electron chi connectivity index (χ2n) is 10.6. The molecule has 1 aliphatic heterocycles. The van der Waals surface area contributed by atoms with Crippen LogP contribution in [0.15, 0.2) is 36.4 Å². The molecule has 40 heavy (non-hydrogen) atoms. The number of amides is 1. The van der Waals surface area contributed by atoms with E-state index in [0.29, 0.717) is 56.9 Å². The molecule has 0 bridgehead atoms. The second kappa shape index (κ2) is 11.3. The molecular weight excluding hydrogens is 542 g/mol. The Morgan fingerprint density at radius 3 is 2.08 bits per heavy atom. The number of halogens is 6. The average Bonchev–Trinajstić information content (AvgIpc) is 3.71. The van der Waals surface area contributed by atoms with Crippen molar-refractivity contribution in [2.45, 2.75) is 57.5 Å². The number of nitrogens with zero attached hydrogens (tertiary/aromatic N) is 1. The summed E-state index contributed by atoms with van der Waals surface area (Å²) in [6.45, 7) is 1.15. The van der Waals surface area contributed by atoms with Gasteiger partial charge in [-0.15, -0.1) is 0 Å². The molecule has 1 aliphatic carbocycles. The van der Waals surface area contributed by atoms with Gasteiger partial charge in [-0.05, 0) is 79.7 Å². The van der Waals surface area contributed by atoms with Crippen molar-refractivity contribution in [3.63, 3.8) is 0 Å². The normalized spacial score (nSPS) is 17.9. The molecule has 4 rings (SSSR count). The van der Waals surface area contributed by atoms with Crippen LogP contribution in [-0.2, 0) is 30.2 Å². The molecule has 0 aromatic heterocycles. The van der Waals surface area contributed by atoms with Gasteiger partial charge in [0.2, 0.25) is 5.91 Å². The Bertz CT molecular complexity index is 1220. The molecule has 1 amide bonds. The number of alkyl halides is 6. The quantitative estimate of drug-likeness (QED) is 0.354. The van der Waals surface area contributed by atoms with Gasteiger partial charge >= 0.3 is 18.3 Å². The first-order valence-corrected chi connectivity index (χ1v) is 12.9. The largest absolute Gasteiger partial charge is 0.496 e.